The molecule has 0 amide bonds. The molecule has 0 fully saturated rings. The maximum Gasteiger partial charge on any atom is 0.307 e. The number of halogens is 1. The van der Waals surface area contributed by atoms with Gasteiger partial charge in [-0.2, -0.15) is 5.10 Å². The van der Waals surface area contributed by atoms with Crippen LogP contribution < -0.4 is 0 Å². The van der Waals surface area contributed by atoms with Gasteiger partial charge in [-0.3, -0.25) is 4.79 Å². The van der Waals surface area contributed by atoms with E-state index in [1.54, 1.807) is 23.7 Å². The Balaban J connectivity index is 2.21. The summed E-state index contributed by atoms with van der Waals surface area (Å²) < 4.78 is 14.9. The zero-order valence-electron chi connectivity index (χ0n) is 13.9. The molecule has 1 N–H and O–H groups in total. The molecule has 0 aliphatic heterocycles. The fourth-order valence-electron chi connectivity index (χ4n) is 2.62. The van der Waals surface area contributed by atoms with Crippen molar-refractivity contribution in [2.75, 3.05) is 13.6 Å². The Labute approximate surface area is 135 Å². The van der Waals surface area contributed by atoms with Crippen LogP contribution in [0.25, 0.3) is 5.69 Å². The standard InChI is InChI=1S/C17H22FN3O2/c1-11(17(22)23)9-20(4)10-16-12(2)19-21(13(16)3)15-7-5-14(18)6-8-15/h5-8,11H,9-10H2,1-4H3,(H,22,23). The average molecular weight is 319 g/mol. The second-order valence-electron chi connectivity index (χ2n) is 5.97. The molecular weight excluding hydrogens is 297 g/mol. The molecule has 0 aliphatic rings. The Kier molecular flexibility index (Phi) is 5.15. The van der Waals surface area contributed by atoms with E-state index in [0.29, 0.717) is 13.1 Å². The summed E-state index contributed by atoms with van der Waals surface area (Å²) in [6.07, 6.45) is 0. The van der Waals surface area contributed by atoms with E-state index in [1.807, 2.05) is 25.8 Å². The van der Waals surface area contributed by atoms with Gasteiger partial charge in [-0.05, 0) is 45.2 Å². The maximum atomic E-state index is 13.1. The number of carboxylic acid groups (broad SMARTS) is 1. The summed E-state index contributed by atoms with van der Waals surface area (Å²) in [7, 11) is 1.90. The first kappa shape index (κ1) is 17.1. The lowest BCUT2D eigenvalue weighted by Crippen LogP contribution is -2.28. The molecule has 23 heavy (non-hydrogen) atoms. The Morgan fingerprint density at radius 1 is 1.35 bits per heavy atom. The first-order valence-corrected chi connectivity index (χ1v) is 7.52. The molecule has 0 saturated carbocycles. The third-order valence-corrected chi connectivity index (χ3v) is 3.95. The molecule has 1 aromatic heterocycles. The maximum absolute atomic E-state index is 13.1. The predicted octanol–water partition coefficient (Wildman–Crippen LogP) is 2.78. The molecule has 124 valence electrons. The van der Waals surface area contributed by atoms with E-state index >= 15 is 0 Å². The van der Waals surface area contributed by atoms with Gasteiger partial charge in [0.05, 0.1) is 17.3 Å². The molecule has 1 unspecified atom stereocenters. The van der Waals surface area contributed by atoms with Gasteiger partial charge in [0.15, 0.2) is 0 Å². The first-order valence-electron chi connectivity index (χ1n) is 7.52. The van der Waals surface area contributed by atoms with E-state index in [9.17, 15) is 9.18 Å². The number of benzene rings is 1. The molecule has 1 atom stereocenters. The molecule has 0 saturated heterocycles. The second-order valence-corrected chi connectivity index (χ2v) is 5.97. The summed E-state index contributed by atoms with van der Waals surface area (Å²) in [5, 5.41) is 13.5. The van der Waals surface area contributed by atoms with E-state index in [4.69, 9.17) is 5.11 Å². The number of nitrogens with zero attached hydrogens (tertiary/aromatic N) is 3. The van der Waals surface area contributed by atoms with E-state index in [0.717, 1.165) is 22.6 Å². The zero-order valence-corrected chi connectivity index (χ0v) is 13.9. The number of carbonyl (C=O) groups is 1. The number of aromatic nitrogens is 2. The van der Waals surface area contributed by atoms with Gasteiger partial charge in [0.2, 0.25) is 0 Å². The normalized spacial score (nSPS) is 12.6. The summed E-state index contributed by atoms with van der Waals surface area (Å²) in [5.74, 6) is -1.50. The van der Waals surface area contributed by atoms with Crippen molar-refractivity contribution in [3.63, 3.8) is 0 Å². The number of aliphatic carboxylic acids is 1. The first-order chi connectivity index (χ1) is 10.8. The van der Waals surface area contributed by atoms with Gasteiger partial charge in [0, 0.05) is 24.3 Å². The van der Waals surface area contributed by atoms with Crippen molar-refractivity contribution in [3.05, 3.63) is 47.0 Å². The van der Waals surface area contributed by atoms with Crippen molar-refractivity contribution in [1.82, 2.24) is 14.7 Å². The quantitative estimate of drug-likeness (QED) is 0.889. The Morgan fingerprint density at radius 2 is 1.96 bits per heavy atom. The minimum absolute atomic E-state index is 0.280. The van der Waals surface area contributed by atoms with Crippen molar-refractivity contribution in [3.8, 4) is 5.69 Å². The van der Waals surface area contributed by atoms with Gasteiger partial charge in [-0.25, -0.2) is 9.07 Å². The molecule has 0 bridgehead atoms. The van der Waals surface area contributed by atoms with E-state index < -0.39 is 11.9 Å². The topological polar surface area (TPSA) is 58.4 Å². The fourth-order valence-corrected chi connectivity index (χ4v) is 2.62. The Morgan fingerprint density at radius 3 is 2.52 bits per heavy atom. The van der Waals surface area contributed by atoms with Crippen molar-refractivity contribution in [1.29, 1.82) is 0 Å². The number of carboxylic acids is 1. The van der Waals surface area contributed by atoms with Gasteiger partial charge < -0.3 is 10.0 Å². The molecule has 2 rings (SSSR count). The highest BCUT2D eigenvalue weighted by molar-refractivity contribution is 5.69. The average Bonchev–Trinajstić information content (AvgIpc) is 2.76. The van der Waals surface area contributed by atoms with Crippen LogP contribution in [0.5, 0.6) is 0 Å². The van der Waals surface area contributed by atoms with E-state index in [1.165, 1.54) is 12.1 Å². The van der Waals surface area contributed by atoms with Crippen LogP contribution in [0, 0.1) is 25.6 Å². The highest BCUT2D eigenvalue weighted by Crippen LogP contribution is 2.20. The van der Waals surface area contributed by atoms with Crippen LogP contribution in [-0.2, 0) is 11.3 Å². The molecule has 0 aliphatic carbocycles. The van der Waals surface area contributed by atoms with Gasteiger partial charge in [-0.15, -0.1) is 0 Å². The predicted molar refractivity (Wildman–Crippen MR) is 86.1 cm³/mol. The van der Waals surface area contributed by atoms with Crippen molar-refractivity contribution < 1.29 is 14.3 Å². The van der Waals surface area contributed by atoms with Gasteiger partial charge in [0.1, 0.15) is 5.82 Å². The molecule has 2 aromatic rings. The molecule has 1 heterocycles. The second kappa shape index (κ2) is 6.91. The minimum Gasteiger partial charge on any atom is -0.481 e. The van der Waals surface area contributed by atoms with Crippen LogP contribution in [-0.4, -0.2) is 39.3 Å². The summed E-state index contributed by atoms with van der Waals surface area (Å²) in [4.78, 5) is 12.9. The Bertz CT molecular complexity index is 695. The molecule has 5 nitrogen and oxygen atoms in total. The lowest BCUT2D eigenvalue weighted by Gasteiger charge is -2.19. The summed E-state index contributed by atoms with van der Waals surface area (Å²) in [6.45, 7) is 6.68. The van der Waals surface area contributed by atoms with Crippen LogP contribution in [0.3, 0.4) is 0 Å². The monoisotopic (exact) mass is 319 g/mol. The lowest BCUT2D eigenvalue weighted by molar-refractivity contribution is -0.141. The molecular formula is C17H22FN3O2. The molecule has 0 radical (unpaired) electrons. The van der Waals surface area contributed by atoms with Crippen molar-refractivity contribution >= 4 is 5.97 Å². The number of hydrogen-bond acceptors (Lipinski definition) is 3. The van der Waals surface area contributed by atoms with Crippen molar-refractivity contribution in [2.24, 2.45) is 5.92 Å². The summed E-state index contributed by atoms with van der Waals surface area (Å²) in [5.41, 5.74) is 3.74. The number of hydrogen-bond donors (Lipinski definition) is 1. The van der Waals surface area contributed by atoms with Crippen molar-refractivity contribution in [2.45, 2.75) is 27.3 Å². The van der Waals surface area contributed by atoms with Crippen LogP contribution in [0.4, 0.5) is 4.39 Å². The van der Waals surface area contributed by atoms with Crippen LogP contribution in [0.15, 0.2) is 24.3 Å². The number of rotatable bonds is 6. The van der Waals surface area contributed by atoms with E-state index in [-0.39, 0.29) is 5.82 Å². The third kappa shape index (κ3) is 3.96. The highest BCUT2D eigenvalue weighted by Gasteiger charge is 2.18. The number of aryl methyl sites for hydroxylation is 1. The van der Waals surface area contributed by atoms with Gasteiger partial charge in [0.25, 0.3) is 0 Å². The fraction of sp³-hybridized carbons (Fsp3) is 0.412. The van der Waals surface area contributed by atoms with E-state index in [2.05, 4.69) is 5.10 Å². The molecule has 1 aromatic carbocycles. The summed E-state index contributed by atoms with van der Waals surface area (Å²) in [6, 6.07) is 6.20. The SMILES string of the molecule is Cc1nn(-c2ccc(F)cc2)c(C)c1CN(C)CC(C)C(=O)O. The van der Waals surface area contributed by atoms with Gasteiger partial charge >= 0.3 is 5.97 Å². The lowest BCUT2D eigenvalue weighted by atomic mass is 10.1. The largest absolute Gasteiger partial charge is 0.481 e. The smallest absolute Gasteiger partial charge is 0.307 e. The van der Waals surface area contributed by atoms with Crippen LogP contribution >= 0.6 is 0 Å². The van der Waals surface area contributed by atoms with Crippen LogP contribution in [0.1, 0.15) is 23.9 Å². The van der Waals surface area contributed by atoms with Crippen LogP contribution in [0.2, 0.25) is 0 Å². The minimum atomic E-state index is -0.799. The third-order valence-electron chi connectivity index (χ3n) is 3.95. The molecule has 6 heteroatoms. The molecule has 0 spiro atoms. The highest BCUT2D eigenvalue weighted by atomic mass is 19.1. The van der Waals surface area contributed by atoms with Gasteiger partial charge in [-0.1, -0.05) is 6.92 Å². The summed E-state index contributed by atoms with van der Waals surface area (Å²) >= 11 is 0. The zero-order chi connectivity index (χ0) is 17.1. The Hall–Kier alpha value is -2.21.